The highest BCUT2D eigenvalue weighted by Gasteiger charge is 2.41. The number of aromatic nitrogens is 1. The van der Waals surface area contributed by atoms with E-state index in [-0.39, 0.29) is 24.1 Å². The molecule has 0 saturated carbocycles. The minimum atomic E-state index is -0.443. The number of rotatable bonds is 9. The second kappa shape index (κ2) is 11.3. The molecule has 1 aliphatic heterocycles. The molecule has 198 valence electrons. The van der Waals surface area contributed by atoms with Gasteiger partial charge in [0.1, 0.15) is 23.3 Å². The van der Waals surface area contributed by atoms with E-state index in [4.69, 9.17) is 21.4 Å². The topological polar surface area (TPSA) is 123 Å². The Morgan fingerprint density at radius 3 is 2.74 bits per heavy atom. The molecule has 0 bridgehead atoms. The summed E-state index contributed by atoms with van der Waals surface area (Å²) in [4.78, 5) is 30.1. The van der Waals surface area contributed by atoms with Crippen LogP contribution in [0.2, 0.25) is 0 Å². The lowest BCUT2D eigenvalue weighted by Crippen LogP contribution is -2.32. The molecule has 39 heavy (non-hydrogen) atoms. The van der Waals surface area contributed by atoms with Gasteiger partial charge in [0.2, 0.25) is 5.91 Å². The number of nitrogens with zero attached hydrogens (tertiary/aromatic N) is 3. The Balaban J connectivity index is 1.41. The lowest BCUT2D eigenvalue weighted by Gasteiger charge is -2.26. The molecular weight excluding hydrogens is 518 g/mol. The summed E-state index contributed by atoms with van der Waals surface area (Å²) >= 11 is 5.68. The molecule has 1 amide bonds. The summed E-state index contributed by atoms with van der Waals surface area (Å²) in [6, 6.07) is 22.0. The van der Waals surface area contributed by atoms with E-state index >= 15 is 0 Å². The maximum absolute atomic E-state index is 12.9. The van der Waals surface area contributed by atoms with Crippen molar-refractivity contribution >= 4 is 34.6 Å². The molecule has 2 aromatic carbocycles. The average molecular weight is 544 g/mol. The highest BCUT2D eigenvalue weighted by molar-refractivity contribution is 7.80. The van der Waals surface area contributed by atoms with Crippen LogP contribution in [0.3, 0.4) is 0 Å². The number of pyridine rings is 1. The van der Waals surface area contributed by atoms with Gasteiger partial charge in [-0.2, -0.15) is 0 Å². The summed E-state index contributed by atoms with van der Waals surface area (Å²) in [5.74, 6) is 1.45. The van der Waals surface area contributed by atoms with Gasteiger partial charge >= 0.3 is 0 Å². The minimum Gasteiger partial charge on any atom is -0.495 e. The number of carbonyl (C=O) groups is 1. The largest absolute Gasteiger partial charge is 0.495 e. The maximum Gasteiger partial charge on any atom is 0.270 e. The molecule has 1 saturated heterocycles. The molecule has 3 heterocycles. The molecule has 1 aliphatic rings. The molecule has 2 aromatic heterocycles. The van der Waals surface area contributed by atoms with Gasteiger partial charge in [-0.25, -0.2) is 0 Å². The van der Waals surface area contributed by atoms with Crippen molar-refractivity contribution in [1.82, 2.24) is 15.2 Å². The van der Waals surface area contributed by atoms with E-state index in [1.165, 1.54) is 12.1 Å². The average Bonchev–Trinajstić information content (AvgIpc) is 3.57. The van der Waals surface area contributed by atoms with Crippen LogP contribution >= 0.6 is 12.2 Å². The monoisotopic (exact) mass is 543 g/mol. The van der Waals surface area contributed by atoms with Crippen molar-refractivity contribution in [3.05, 3.63) is 107 Å². The normalized spacial score (nSPS) is 16.5. The van der Waals surface area contributed by atoms with Crippen LogP contribution in [0.15, 0.2) is 89.5 Å². The van der Waals surface area contributed by atoms with Crippen LogP contribution in [0, 0.1) is 10.1 Å². The maximum atomic E-state index is 12.9. The van der Waals surface area contributed by atoms with Crippen molar-refractivity contribution < 1.29 is 18.9 Å². The lowest BCUT2D eigenvalue weighted by atomic mass is 10.0. The Hall–Kier alpha value is -4.77. The molecule has 10 nitrogen and oxygen atoms in total. The molecule has 2 N–H and O–H groups in total. The number of para-hydroxylation sites is 2. The van der Waals surface area contributed by atoms with Crippen LogP contribution in [0.4, 0.5) is 11.4 Å². The first-order chi connectivity index (χ1) is 18.9. The fraction of sp³-hybridized carbons (Fsp3) is 0.179. The number of anilines is 1. The first-order valence-corrected chi connectivity index (χ1v) is 12.6. The molecule has 0 radical (unpaired) electrons. The van der Waals surface area contributed by atoms with Gasteiger partial charge in [-0.05, 0) is 48.6 Å². The molecule has 11 heteroatoms. The fourth-order valence-corrected chi connectivity index (χ4v) is 4.91. The standard InChI is InChI=1S/C28H25N5O5S/c1-37-23-11-3-2-9-20(23)30-25(34)14-16-32-27(26(31-28(32)39)21-10-4-5-15-29-21)24-13-12-22(38-24)18-7-6-8-19(17-18)33(35)36/h2-13,15,17,26-27H,14,16H2,1H3,(H,30,34)(H,31,39)/t26-,27+/m0/s1. The van der Waals surface area contributed by atoms with Crippen LogP contribution in [0.1, 0.15) is 30.0 Å². The molecule has 4 aromatic rings. The highest BCUT2D eigenvalue weighted by Crippen LogP contribution is 2.40. The van der Waals surface area contributed by atoms with E-state index in [9.17, 15) is 14.9 Å². The number of ether oxygens (including phenoxy) is 1. The number of amides is 1. The first-order valence-electron chi connectivity index (χ1n) is 12.2. The number of furan rings is 1. The summed E-state index contributed by atoms with van der Waals surface area (Å²) in [6.45, 7) is 0.313. The summed E-state index contributed by atoms with van der Waals surface area (Å²) in [6.07, 6.45) is 1.86. The second-order valence-electron chi connectivity index (χ2n) is 8.83. The first kappa shape index (κ1) is 25.9. The number of benzene rings is 2. The van der Waals surface area contributed by atoms with Gasteiger partial charge in [0.25, 0.3) is 5.69 Å². The predicted molar refractivity (Wildman–Crippen MR) is 149 cm³/mol. The van der Waals surface area contributed by atoms with Gasteiger partial charge in [-0.15, -0.1) is 0 Å². The van der Waals surface area contributed by atoms with Crippen LogP contribution < -0.4 is 15.4 Å². The summed E-state index contributed by atoms with van der Waals surface area (Å²) in [7, 11) is 1.55. The number of non-ortho nitro benzene ring substituents is 1. The minimum absolute atomic E-state index is 0.0248. The van der Waals surface area contributed by atoms with Gasteiger partial charge in [0.15, 0.2) is 5.11 Å². The number of nitro groups is 1. The van der Waals surface area contributed by atoms with E-state index in [1.54, 1.807) is 43.6 Å². The lowest BCUT2D eigenvalue weighted by molar-refractivity contribution is -0.384. The van der Waals surface area contributed by atoms with Crippen LogP contribution in [-0.2, 0) is 4.79 Å². The number of carbonyl (C=O) groups excluding carboxylic acids is 1. The molecule has 2 atom stereocenters. The Morgan fingerprint density at radius 2 is 1.97 bits per heavy atom. The van der Waals surface area contributed by atoms with Crippen LogP contribution in [-0.4, -0.2) is 39.5 Å². The Morgan fingerprint density at radius 1 is 1.15 bits per heavy atom. The Kier molecular flexibility index (Phi) is 7.50. The summed E-state index contributed by atoms with van der Waals surface area (Å²) in [5, 5.41) is 17.9. The summed E-state index contributed by atoms with van der Waals surface area (Å²) < 4.78 is 11.6. The zero-order valence-corrected chi connectivity index (χ0v) is 21.8. The third-order valence-corrected chi connectivity index (χ3v) is 6.77. The van der Waals surface area contributed by atoms with Gasteiger partial charge in [-0.3, -0.25) is 19.9 Å². The second-order valence-corrected chi connectivity index (χ2v) is 9.21. The molecule has 0 aliphatic carbocycles. The van der Waals surface area contributed by atoms with Crippen molar-refractivity contribution in [1.29, 1.82) is 0 Å². The third kappa shape index (κ3) is 5.58. The SMILES string of the molecule is COc1ccccc1NC(=O)CCN1C(=S)N[C@@H](c2ccccn2)[C@H]1c1ccc(-c2cccc([N+](=O)[O-])c2)o1. The number of hydrogen-bond donors (Lipinski definition) is 2. The summed E-state index contributed by atoms with van der Waals surface area (Å²) in [5.41, 5.74) is 1.91. The van der Waals surface area contributed by atoms with E-state index in [0.29, 0.717) is 40.2 Å². The van der Waals surface area contributed by atoms with Crippen LogP contribution in [0.5, 0.6) is 5.75 Å². The molecule has 1 fully saturated rings. The zero-order valence-electron chi connectivity index (χ0n) is 20.9. The van der Waals surface area contributed by atoms with Gasteiger partial charge < -0.3 is 24.7 Å². The van der Waals surface area contributed by atoms with Crippen molar-refractivity contribution in [2.75, 3.05) is 19.0 Å². The van der Waals surface area contributed by atoms with Crippen molar-refractivity contribution in [3.63, 3.8) is 0 Å². The third-order valence-electron chi connectivity index (χ3n) is 6.42. The molecular formula is C28H25N5O5S. The Bertz CT molecular complexity index is 1510. The smallest absolute Gasteiger partial charge is 0.270 e. The zero-order chi connectivity index (χ0) is 27.4. The Labute approximate surface area is 229 Å². The van der Waals surface area contributed by atoms with Crippen molar-refractivity contribution in [3.8, 4) is 17.1 Å². The fourth-order valence-electron chi connectivity index (χ4n) is 4.58. The van der Waals surface area contributed by atoms with Gasteiger partial charge in [0, 0.05) is 36.9 Å². The molecule has 0 spiro atoms. The van der Waals surface area contributed by atoms with E-state index in [2.05, 4.69) is 15.6 Å². The number of nitro benzene ring substituents is 1. The van der Waals surface area contributed by atoms with Gasteiger partial charge in [0.05, 0.1) is 29.5 Å². The quantitative estimate of drug-likeness (QED) is 0.165. The number of nitrogens with one attached hydrogen (secondary N) is 2. The number of methoxy groups -OCH3 is 1. The van der Waals surface area contributed by atoms with E-state index < -0.39 is 11.0 Å². The predicted octanol–water partition coefficient (Wildman–Crippen LogP) is 5.26. The van der Waals surface area contributed by atoms with E-state index in [1.807, 2.05) is 41.3 Å². The highest BCUT2D eigenvalue weighted by atomic mass is 32.1. The van der Waals surface area contributed by atoms with Gasteiger partial charge in [-0.1, -0.05) is 30.3 Å². The van der Waals surface area contributed by atoms with Crippen LogP contribution in [0.25, 0.3) is 11.3 Å². The van der Waals surface area contributed by atoms with Crippen molar-refractivity contribution in [2.24, 2.45) is 0 Å². The number of thiocarbonyl (C=S) groups is 1. The number of hydrogen-bond acceptors (Lipinski definition) is 7. The van der Waals surface area contributed by atoms with Crippen molar-refractivity contribution in [2.45, 2.75) is 18.5 Å². The molecule has 0 unspecified atom stereocenters. The molecule has 5 rings (SSSR count). The van der Waals surface area contributed by atoms with E-state index in [0.717, 1.165) is 5.69 Å².